The van der Waals surface area contributed by atoms with Crippen molar-refractivity contribution >= 4 is 57.6 Å². The molecule has 2 aromatic rings. The summed E-state index contributed by atoms with van der Waals surface area (Å²) >= 11 is 11.8. The molecule has 1 aliphatic rings. The smallest absolute Gasteiger partial charge is 0.417 e. The predicted octanol–water partition coefficient (Wildman–Crippen LogP) is 5.48. The lowest BCUT2D eigenvalue weighted by molar-refractivity contribution is -0.137. The van der Waals surface area contributed by atoms with E-state index in [4.69, 9.17) is 28.6 Å². The number of thiocarbonyl (C=S) groups is 1. The van der Waals surface area contributed by atoms with Gasteiger partial charge in [-0.05, 0) is 42.0 Å². The van der Waals surface area contributed by atoms with Crippen LogP contribution in [-0.2, 0) is 11.0 Å². The fraction of sp³-hybridized carbons (Fsp3) is 0.111. The van der Waals surface area contributed by atoms with E-state index in [0.717, 1.165) is 28.8 Å². The highest BCUT2D eigenvalue weighted by atomic mass is 35.5. The van der Waals surface area contributed by atoms with E-state index in [1.165, 1.54) is 31.4 Å². The minimum Gasteiger partial charge on any atom is -0.504 e. The van der Waals surface area contributed by atoms with Crippen LogP contribution in [0.4, 0.5) is 18.9 Å². The van der Waals surface area contributed by atoms with Crippen LogP contribution in [0.1, 0.15) is 11.1 Å². The zero-order valence-electron chi connectivity index (χ0n) is 14.1. The third kappa shape index (κ3) is 3.96. The van der Waals surface area contributed by atoms with Gasteiger partial charge in [0.15, 0.2) is 15.8 Å². The summed E-state index contributed by atoms with van der Waals surface area (Å²) < 4.78 is 44.4. The number of aromatic hydroxyl groups is 1. The van der Waals surface area contributed by atoms with Gasteiger partial charge in [-0.1, -0.05) is 41.6 Å². The van der Waals surface area contributed by atoms with Crippen molar-refractivity contribution in [3.8, 4) is 11.5 Å². The summed E-state index contributed by atoms with van der Waals surface area (Å²) in [7, 11) is 1.39. The number of hydrogen-bond donors (Lipinski definition) is 1. The zero-order valence-corrected chi connectivity index (χ0v) is 16.5. The van der Waals surface area contributed by atoms with Crippen molar-refractivity contribution in [3.63, 3.8) is 0 Å². The van der Waals surface area contributed by atoms with E-state index in [9.17, 15) is 23.1 Å². The largest absolute Gasteiger partial charge is 0.504 e. The molecule has 3 rings (SSSR count). The topological polar surface area (TPSA) is 49.8 Å². The van der Waals surface area contributed by atoms with Crippen molar-refractivity contribution in [2.45, 2.75) is 6.18 Å². The van der Waals surface area contributed by atoms with Gasteiger partial charge in [0.25, 0.3) is 5.91 Å². The molecule has 1 aliphatic heterocycles. The predicted molar refractivity (Wildman–Crippen MR) is 107 cm³/mol. The number of carbonyl (C=O) groups is 1. The number of alkyl halides is 3. The number of ether oxygens (including phenoxy) is 1. The lowest BCUT2D eigenvalue weighted by Crippen LogP contribution is -2.27. The summed E-state index contributed by atoms with van der Waals surface area (Å²) in [6, 6.07) is 7.65. The van der Waals surface area contributed by atoms with E-state index in [0.29, 0.717) is 5.56 Å². The van der Waals surface area contributed by atoms with E-state index in [1.54, 1.807) is 6.07 Å². The molecular weight excluding hydrogens is 435 g/mol. The van der Waals surface area contributed by atoms with E-state index >= 15 is 0 Å². The molecule has 28 heavy (non-hydrogen) atoms. The number of hydrogen-bond acceptors (Lipinski definition) is 5. The molecule has 1 N–H and O–H groups in total. The van der Waals surface area contributed by atoms with Gasteiger partial charge in [-0.25, -0.2) is 0 Å². The molecule has 0 radical (unpaired) electrons. The first-order chi connectivity index (χ1) is 13.1. The maximum absolute atomic E-state index is 13.1. The van der Waals surface area contributed by atoms with Crippen molar-refractivity contribution in [1.29, 1.82) is 0 Å². The fourth-order valence-electron chi connectivity index (χ4n) is 2.50. The molecule has 0 spiro atoms. The van der Waals surface area contributed by atoms with Crippen LogP contribution >= 0.6 is 35.6 Å². The van der Waals surface area contributed by atoms with E-state index in [2.05, 4.69) is 0 Å². The van der Waals surface area contributed by atoms with E-state index in [1.807, 2.05) is 0 Å². The molecule has 1 amide bonds. The molecule has 0 aromatic heterocycles. The van der Waals surface area contributed by atoms with Gasteiger partial charge in [0, 0.05) is 0 Å². The van der Waals surface area contributed by atoms with Crippen molar-refractivity contribution in [2.75, 3.05) is 12.0 Å². The molecule has 146 valence electrons. The second kappa shape index (κ2) is 7.65. The van der Waals surface area contributed by atoms with E-state index < -0.39 is 22.7 Å². The number of halogens is 4. The Hall–Kier alpha value is -2.23. The molecule has 2 aromatic carbocycles. The third-order valence-electron chi connectivity index (χ3n) is 3.81. The number of phenolic OH excluding ortho intramolecular Hbond substituents is 1. The van der Waals surface area contributed by atoms with Gasteiger partial charge in [-0.3, -0.25) is 9.69 Å². The van der Waals surface area contributed by atoms with Gasteiger partial charge in [-0.2, -0.15) is 13.2 Å². The van der Waals surface area contributed by atoms with Gasteiger partial charge < -0.3 is 9.84 Å². The molecule has 0 saturated carbocycles. The first-order valence-electron chi connectivity index (χ1n) is 7.63. The highest BCUT2D eigenvalue weighted by molar-refractivity contribution is 8.27. The monoisotopic (exact) mass is 445 g/mol. The van der Waals surface area contributed by atoms with Crippen LogP contribution in [0.25, 0.3) is 6.08 Å². The van der Waals surface area contributed by atoms with Crippen LogP contribution in [0.2, 0.25) is 5.02 Å². The molecule has 0 atom stereocenters. The Balaban J connectivity index is 1.97. The Kier molecular flexibility index (Phi) is 5.60. The molecule has 1 saturated heterocycles. The molecule has 4 nitrogen and oxygen atoms in total. The number of amides is 1. The Labute approximate surface area is 172 Å². The van der Waals surface area contributed by atoms with Crippen molar-refractivity contribution in [2.24, 2.45) is 0 Å². The molecule has 1 heterocycles. The summed E-state index contributed by atoms with van der Waals surface area (Å²) in [5, 5.41) is 9.18. The van der Waals surface area contributed by atoms with Crippen LogP contribution < -0.4 is 9.64 Å². The van der Waals surface area contributed by atoms with Crippen molar-refractivity contribution in [1.82, 2.24) is 0 Å². The van der Waals surface area contributed by atoms with Crippen LogP contribution in [0.15, 0.2) is 41.3 Å². The van der Waals surface area contributed by atoms with Crippen LogP contribution in [-0.4, -0.2) is 22.4 Å². The normalized spacial score (nSPS) is 16.2. The number of thioether (sulfide) groups is 1. The second-order valence-electron chi connectivity index (χ2n) is 5.61. The van der Waals surface area contributed by atoms with E-state index in [-0.39, 0.29) is 26.4 Å². The first-order valence-corrected chi connectivity index (χ1v) is 9.24. The zero-order chi connectivity index (χ0) is 20.6. The van der Waals surface area contributed by atoms with Crippen LogP contribution in [0.3, 0.4) is 0 Å². The van der Waals surface area contributed by atoms with Crippen molar-refractivity contribution in [3.05, 3.63) is 57.5 Å². The Morgan fingerprint density at radius 2 is 1.96 bits per heavy atom. The lowest BCUT2D eigenvalue weighted by Gasteiger charge is -2.17. The highest BCUT2D eigenvalue weighted by Crippen LogP contribution is 2.41. The summed E-state index contributed by atoms with van der Waals surface area (Å²) in [6.45, 7) is 0. The average Bonchev–Trinajstić information content (AvgIpc) is 2.90. The van der Waals surface area contributed by atoms with Gasteiger partial charge in [0.05, 0.1) is 28.3 Å². The highest BCUT2D eigenvalue weighted by Gasteiger charge is 2.37. The minimum absolute atomic E-state index is 0.0223. The summed E-state index contributed by atoms with van der Waals surface area (Å²) in [5.41, 5.74) is -0.513. The van der Waals surface area contributed by atoms with Gasteiger partial charge in [0.2, 0.25) is 0 Å². The number of benzene rings is 2. The Morgan fingerprint density at radius 1 is 1.25 bits per heavy atom. The molecule has 0 bridgehead atoms. The molecular formula is C18H11ClF3NO3S2. The summed E-state index contributed by atoms with van der Waals surface area (Å²) in [5.74, 6) is -0.401. The number of phenols is 1. The fourth-order valence-corrected chi connectivity index (χ4v) is 4.02. The SMILES string of the molecule is COc1cc(C=C2SC(=S)N(c3ccc(Cl)c(C(F)(F)F)c3)C2=O)ccc1O. The average molecular weight is 446 g/mol. The minimum atomic E-state index is -4.66. The van der Waals surface area contributed by atoms with Crippen LogP contribution in [0, 0.1) is 0 Å². The number of anilines is 1. The molecule has 0 aliphatic carbocycles. The number of rotatable bonds is 3. The van der Waals surface area contributed by atoms with Crippen LogP contribution in [0.5, 0.6) is 11.5 Å². The van der Waals surface area contributed by atoms with Gasteiger partial charge >= 0.3 is 6.18 Å². The molecule has 0 unspecified atom stereocenters. The maximum atomic E-state index is 13.1. The number of carbonyl (C=O) groups excluding carboxylic acids is 1. The first kappa shape index (κ1) is 20.5. The third-order valence-corrected chi connectivity index (χ3v) is 5.44. The van der Waals surface area contributed by atoms with Gasteiger partial charge in [-0.15, -0.1) is 0 Å². The molecule has 1 fully saturated rings. The maximum Gasteiger partial charge on any atom is 0.417 e. The number of methoxy groups -OCH3 is 1. The van der Waals surface area contributed by atoms with Crippen molar-refractivity contribution < 1.29 is 27.8 Å². The Bertz CT molecular complexity index is 1010. The summed E-state index contributed by atoms with van der Waals surface area (Å²) in [6.07, 6.45) is -3.15. The van der Waals surface area contributed by atoms with Gasteiger partial charge in [0.1, 0.15) is 0 Å². The summed E-state index contributed by atoms with van der Waals surface area (Å²) in [4.78, 5) is 14.0. The Morgan fingerprint density at radius 3 is 2.61 bits per heavy atom. The second-order valence-corrected chi connectivity index (χ2v) is 7.69. The quantitative estimate of drug-likeness (QED) is 0.501. The standard InChI is InChI=1S/C18H11ClF3NO3S2/c1-26-14-6-9(2-5-13(14)24)7-15-16(25)23(17(27)28-15)10-3-4-12(19)11(8-10)18(20,21)22/h2-8,24H,1H3. The number of nitrogens with zero attached hydrogens (tertiary/aromatic N) is 1. The molecule has 10 heteroatoms. The lowest BCUT2D eigenvalue weighted by atomic mass is 10.1.